The van der Waals surface area contributed by atoms with Gasteiger partial charge in [0.2, 0.25) is 0 Å². The first kappa shape index (κ1) is 17.5. The van der Waals surface area contributed by atoms with E-state index in [2.05, 4.69) is 92.9 Å². The number of rotatable bonds is 1. The normalized spacial score (nSPS) is 14.3. The van der Waals surface area contributed by atoms with E-state index in [1.165, 1.54) is 55.2 Å². The molecule has 0 atom stereocenters. The molecular weight excluding hydrogens is 364 g/mol. The van der Waals surface area contributed by atoms with Crippen molar-refractivity contribution >= 4 is 21.8 Å². The monoisotopic (exact) mass is 388 g/mol. The zero-order valence-corrected chi connectivity index (χ0v) is 17.8. The summed E-state index contributed by atoms with van der Waals surface area (Å²) in [5.74, 6) is 0.969. The zero-order valence-electron chi connectivity index (χ0n) is 17.8. The quantitative estimate of drug-likeness (QED) is 0.299. The zero-order chi connectivity index (χ0) is 20.6. The van der Waals surface area contributed by atoms with Gasteiger partial charge in [-0.1, -0.05) is 62.4 Å². The lowest BCUT2D eigenvalue weighted by Crippen LogP contribution is -2.16. The SMILES string of the molecule is Cc1c2c(c(C)c3c1c1ccccc1n3-c1ccccn1)-c1ccccc1C2(C)C. The first-order valence-electron chi connectivity index (χ1n) is 10.6. The van der Waals surface area contributed by atoms with Gasteiger partial charge in [0.15, 0.2) is 0 Å². The van der Waals surface area contributed by atoms with Crippen molar-refractivity contribution in [1.29, 1.82) is 0 Å². The molecule has 0 saturated heterocycles. The van der Waals surface area contributed by atoms with E-state index < -0.39 is 0 Å². The summed E-state index contributed by atoms with van der Waals surface area (Å²) in [4.78, 5) is 4.72. The molecule has 0 saturated carbocycles. The topological polar surface area (TPSA) is 17.8 Å². The number of nitrogens with zero attached hydrogens (tertiary/aromatic N) is 2. The molecule has 2 nitrogen and oxygen atoms in total. The molecule has 1 aliphatic carbocycles. The molecule has 0 amide bonds. The van der Waals surface area contributed by atoms with Crippen molar-refractivity contribution in [2.45, 2.75) is 33.1 Å². The first-order chi connectivity index (χ1) is 14.5. The van der Waals surface area contributed by atoms with Crippen LogP contribution in [0.5, 0.6) is 0 Å². The van der Waals surface area contributed by atoms with Crippen LogP contribution in [0.4, 0.5) is 0 Å². The van der Waals surface area contributed by atoms with Gasteiger partial charge in [-0.25, -0.2) is 4.98 Å². The fraction of sp³-hybridized carbons (Fsp3) is 0.179. The molecule has 146 valence electrons. The highest BCUT2D eigenvalue weighted by Crippen LogP contribution is 2.54. The van der Waals surface area contributed by atoms with Crippen molar-refractivity contribution in [1.82, 2.24) is 9.55 Å². The second-order valence-corrected chi connectivity index (χ2v) is 8.93. The van der Waals surface area contributed by atoms with Crippen molar-refractivity contribution in [3.63, 3.8) is 0 Å². The maximum atomic E-state index is 4.72. The number of para-hydroxylation sites is 1. The molecular formula is C28H24N2. The second kappa shape index (κ2) is 5.82. The maximum absolute atomic E-state index is 4.72. The third-order valence-corrected chi connectivity index (χ3v) is 6.98. The Balaban J connectivity index is 1.89. The average Bonchev–Trinajstić information content (AvgIpc) is 3.24. The smallest absolute Gasteiger partial charge is 0.137 e. The average molecular weight is 389 g/mol. The summed E-state index contributed by atoms with van der Waals surface area (Å²) in [5.41, 5.74) is 10.9. The Labute approximate surface area is 176 Å². The van der Waals surface area contributed by atoms with Gasteiger partial charge < -0.3 is 0 Å². The van der Waals surface area contributed by atoms with Crippen molar-refractivity contribution in [3.05, 3.63) is 95.2 Å². The molecule has 2 heterocycles. The van der Waals surface area contributed by atoms with E-state index in [1.807, 2.05) is 12.3 Å². The first-order valence-corrected chi connectivity index (χ1v) is 10.6. The Hall–Kier alpha value is -3.39. The van der Waals surface area contributed by atoms with Crippen LogP contribution in [0.3, 0.4) is 0 Å². The summed E-state index contributed by atoms with van der Waals surface area (Å²) in [6, 6.07) is 23.8. The summed E-state index contributed by atoms with van der Waals surface area (Å²) < 4.78 is 2.35. The molecule has 30 heavy (non-hydrogen) atoms. The molecule has 2 heteroatoms. The molecule has 0 N–H and O–H groups in total. The number of pyridine rings is 1. The number of fused-ring (bicyclic) bond motifs is 6. The van der Waals surface area contributed by atoms with Crippen LogP contribution in [0.1, 0.15) is 36.1 Å². The lowest BCUT2D eigenvalue weighted by atomic mass is 9.79. The highest BCUT2D eigenvalue weighted by atomic mass is 15.1. The van der Waals surface area contributed by atoms with Crippen LogP contribution in [0.15, 0.2) is 72.9 Å². The van der Waals surface area contributed by atoms with E-state index in [1.54, 1.807) is 0 Å². The van der Waals surface area contributed by atoms with E-state index >= 15 is 0 Å². The maximum Gasteiger partial charge on any atom is 0.137 e. The minimum absolute atomic E-state index is 0.0108. The predicted molar refractivity (Wildman–Crippen MR) is 126 cm³/mol. The number of aromatic nitrogens is 2. The van der Waals surface area contributed by atoms with Crippen LogP contribution >= 0.6 is 0 Å². The van der Waals surface area contributed by atoms with Gasteiger partial charge >= 0.3 is 0 Å². The summed E-state index contributed by atoms with van der Waals surface area (Å²) in [6.07, 6.45) is 1.88. The molecule has 0 unspecified atom stereocenters. The lowest BCUT2D eigenvalue weighted by molar-refractivity contribution is 0.656. The van der Waals surface area contributed by atoms with E-state index in [9.17, 15) is 0 Å². The number of aryl methyl sites for hydroxylation is 2. The highest BCUT2D eigenvalue weighted by molar-refractivity contribution is 6.14. The molecule has 0 spiro atoms. The predicted octanol–water partition coefficient (Wildman–Crippen LogP) is 7.10. The fourth-order valence-electron chi connectivity index (χ4n) is 5.82. The molecule has 0 radical (unpaired) electrons. The molecule has 3 aromatic carbocycles. The van der Waals surface area contributed by atoms with E-state index in [0.717, 1.165) is 5.82 Å². The summed E-state index contributed by atoms with van der Waals surface area (Å²) in [7, 11) is 0. The Bertz CT molecular complexity index is 1470. The summed E-state index contributed by atoms with van der Waals surface area (Å²) >= 11 is 0. The van der Waals surface area contributed by atoms with Crippen LogP contribution in [0.25, 0.3) is 38.8 Å². The molecule has 5 aromatic rings. The van der Waals surface area contributed by atoms with Gasteiger partial charge in [0, 0.05) is 22.4 Å². The third-order valence-electron chi connectivity index (χ3n) is 6.98. The number of hydrogen-bond acceptors (Lipinski definition) is 1. The highest BCUT2D eigenvalue weighted by Gasteiger charge is 2.39. The van der Waals surface area contributed by atoms with Crippen molar-refractivity contribution < 1.29 is 0 Å². The van der Waals surface area contributed by atoms with Crippen molar-refractivity contribution in [3.8, 4) is 16.9 Å². The van der Waals surface area contributed by atoms with Crippen molar-refractivity contribution in [2.75, 3.05) is 0 Å². The van der Waals surface area contributed by atoms with Crippen LogP contribution in [-0.2, 0) is 5.41 Å². The molecule has 6 rings (SSSR count). The fourth-order valence-corrected chi connectivity index (χ4v) is 5.82. The standard InChI is InChI=1S/C28H24N2/c1-17-25-20-12-6-8-14-22(20)30(23-15-9-10-16-29-23)27(25)18(2)24-19-11-5-7-13-21(19)28(3,4)26(17)24/h5-16H,1-4H3. The molecule has 0 aliphatic heterocycles. The van der Waals surface area contributed by atoms with E-state index in [4.69, 9.17) is 4.98 Å². The number of benzene rings is 3. The minimum Gasteiger partial charge on any atom is -0.293 e. The summed E-state index contributed by atoms with van der Waals surface area (Å²) in [5, 5.41) is 2.65. The van der Waals surface area contributed by atoms with Crippen LogP contribution < -0.4 is 0 Å². The van der Waals surface area contributed by atoms with Gasteiger partial charge in [-0.05, 0) is 65.4 Å². The Kier molecular flexibility index (Phi) is 3.39. The van der Waals surface area contributed by atoms with Crippen LogP contribution in [-0.4, -0.2) is 9.55 Å². The Morgan fingerprint density at radius 1 is 0.800 bits per heavy atom. The van der Waals surface area contributed by atoms with E-state index in [0.29, 0.717) is 0 Å². The number of hydrogen-bond donors (Lipinski definition) is 0. The lowest BCUT2D eigenvalue weighted by Gasteiger charge is -2.24. The van der Waals surface area contributed by atoms with Gasteiger partial charge in [0.25, 0.3) is 0 Å². The third kappa shape index (κ3) is 2.01. The molecule has 0 fully saturated rings. The van der Waals surface area contributed by atoms with Gasteiger partial charge in [0.05, 0.1) is 11.0 Å². The molecule has 0 bridgehead atoms. The van der Waals surface area contributed by atoms with Crippen LogP contribution in [0, 0.1) is 13.8 Å². The van der Waals surface area contributed by atoms with Gasteiger partial charge in [-0.15, -0.1) is 0 Å². The molecule has 1 aliphatic rings. The van der Waals surface area contributed by atoms with Gasteiger partial charge in [0.1, 0.15) is 5.82 Å². The molecule has 2 aromatic heterocycles. The van der Waals surface area contributed by atoms with Gasteiger partial charge in [-0.2, -0.15) is 0 Å². The van der Waals surface area contributed by atoms with E-state index in [-0.39, 0.29) is 5.41 Å². The second-order valence-electron chi connectivity index (χ2n) is 8.93. The van der Waals surface area contributed by atoms with Gasteiger partial charge in [-0.3, -0.25) is 4.57 Å². The minimum atomic E-state index is -0.0108. The van der Waals surface area contributed by atoms with Crippen LogP contribution in [0.2, 0.25) is 0 Å². The Morgan fingerprint density at radius 3 is 2.33 bits per heavy atom. The Morgan fingerprint density at radius 2 is 1.53 bits per heavy atom. The largest absolute Gasteiger partial charge is 0.293 e. The van der Waals surface area contributed by atoms with Crippen molar-refractivity contribution in [2.24, 2.45) is 0 Å². The summed E-state index contributed by atoms with van der Waals surface area (Å²) in [6.45, 7) is 9.34.